The van der Waals surface area contributed by atoms with Crippen LogP contribution < -0.4 is 14.8 Å². The Morgan fingerprint density at radius 3 is 2.48 bits per heavy atom. The Bertz CT molecular complexity index is 920. The van der Waals surface area contributed by atoms with Gasteiger partial charge in [0, 0.05) is 11.7 Å². The zero-order valence-corrected chi connectivity index (χ0v) is 17.5. The Kier molecular flexibility index (Phi) is 7.28. The average molecular weight is 417 g/mol. The molecule has 0 atom stereocenters. The summed E-state index contributed by atoms with van der Waals surface area (Å²) in [5.41, 5.74) is 1.67. The van der Waals surface area contributed by atoms with E-state index in [-0.39, 0.29) is 23.5 Å². The van der Waals surface area contributed by atoms with E-state index in [9.17, 15) is 13.2 Å². The first-order valence-electron chi connectivity index (χ1n) is 10.1. The van der Waals surface area contributed by atoms with E-state index in [4.69, 9.17) is 4.74 Å². The normalized spacial score (nSPS) is 15.1. The van der Waals surface area contributed by atoms with E-state index in [0.717, 1.165) is 37.7 Å². The number of rotatable bonds is 8. The number of hydrogen-bond acceptors (Lipinski definition) is 4. The monoisotopic (exact) mass is 416 g/mol. The van der Waals surface area contributed by atoms with Crippen molar-refractivity contribution in [2.45, 2.75) is 56.4 Å². The maximum absolute atomic E-state index is 12.5. The molecule has 0 aromatic heterocycles. The van der Waals surface area contributed by atoms with Gasteiger partial charge in [0.25, 0.3) is 5.91 Å². The molecular formula is C22H28N2O4S. The summed E-state index contributed by atoms with van der Waals surface area (Å²) in [6.07, 6.45) is 5.95. The summed E-state index contributed by atoms with van der Waals surface area (Å²) < 4.78 is 33.4. The van der Waals surface area contributed by atoms with E-state index in [1.165, 1.54) is 18.6 Å². The molecular weight excluding hydrogens is 388 g/mol. The van der Waals surface area contributed by atoms with E-state index in [0.29, 0.717) is 11.4 Å². The molecule has 2 aromatic rings. The lowest BCUT2D eigenvalue weighted by atomic mass is 9.96. The number of benzene rings is 2. The second kappa shape index (κ2) is 9.89. The second-order valence-corrected chi connectivity index (χ2v) is 9.03. The molecule has 0 heterocycles. The van der Waals surface area contributed by atoms with E-state index < -0.39 is 10.0 Å². The summed E-state index contributed by atoms with van der Waals surface area (Å²) in [6, 6.07) is 13.8. The SMILES string of the molecule is CCc1cccc(OCC(=O)Nc2ccc(S(=O)(=O)NC3CCCCC3)cc2)c1. The Hall–Kier alpha value is -2.38. The highest BCUT2D eigenvalue weighted by molar-refractivity contribution is 7.89. The van der Waals surface area contributed by atoms with Crippen LogP contribution in [0.5, 0.6) is 5.75 Å². The van der Waals surface area contributed by atoms with Crippen LogP contribution in [0.2, 0.25) is 0 Å². The minimum absolute atomic E-state index is 0.0106. The third kappa shape index (κ3) is 6.30. The fourth-order valence-electron chi connectivity index (χ4n) is 3.43. The summed E-state index contributed by atoms with van der Waals surface area (Å²) in [6.45, 7) is 1.94. The predicted octanol–water partition coefficient (Wildman–Crippen LogP) is 3.88. The van der Waals surface area contributed by atoms with Crippen molar-refractivity contribution < 1.29 is 17.9 Å². The molecule has 0 unspecified atom stereocenters. The number of aryl methyl sites for hydroxylation is 1. The van der Waals surface area contributed by atoms with Crippen LogP contribution in [0, 0.1) is 0 Å². The van der Waals surface area contributed by atoms with E-state index in [2.05, 4.69) is 17.0 Å². The van der Waals surface area contributed by atoms with Gasteiger partial charge in [-0.05, 0) is 61.2 Å². The summed E-state index contributed by atoms with van der Waals surface area (Å²) in [7, 11) is -3.55. The molecule has 0 bridgehead atoms. The molecule has 7 heteroatoms. The molecule has 1 amide bonds. The van der Waals surface area contributed by atoms with Gasteiger partial charge >= 0.3 is 0 Å². The van der Waals surface area contributed by atoms with Crippen molar-refractivity contribution >= 4 is 21.6 Å². The van der Waals surface area contributed by atoms with Crippen molar-refractivity contribution in [2.24, 2.45) is 0 Å². The van der Waals surface area contributed by atoms with Gasteiger partial charge in [-0.15, -0.1) is 0 Å². The average Bonchev–Trinajstić information content (AvgIpc) is 2.73. The predicted molar refractivity (Wildman–Crippen MR) is 114 cm³/mol. The van der Waals surface area contributed by atoms with Crippen LogP contribution >= 0.6 is 0 Å². The van der Waals surface area contributed by atoms with E-state index >= 15 is 0 Å². The minimum atomic E-state index is -3.55. The van der Waals surface area contributed by atoms with Gasteiger partial charge in [0.15, 0.2) is 6.61 Å². The lowest BCUT2D eigenvalue weighted by Gasteiger charge is -2.22. The van der Waals surface area contributed by atoms with Gasteiger partial charge in [-0.25, -0.2) is 13.1 Å². The zero-order valence-electron chi connectivity index (χ0n) is 16.7. The van der Waals surface area contributed by atoms with Crippen molar-refractivity contribution in [3.05, 3.63) is 54.1 Å². The fraction of sp³-hybridized carbons (Fsp3) is 0.409. The Labute approximate surface area is 172 Å². The highest BCUT2D eigenvalue weighted by Gasteiger charge is 2.21. The number of nitrogens with one attached hydrogen (secondary N) is 2. The van der Waals surface area contributed by atoms with E-state index in [1.807, 2.05) is 24.3 Å². The van der Waals surface area contributed by atoms with Gasteiger partial charge in [0.1, 0.15) is 5.75 Å². The summed E-state index contributed by atoms with van der Waals surface area (Å²) in [4.78, 5) is 12.3. The molecule has 0 aliphatic heterocycles. The number of anilines is 1. The van der Waals surface area contributed by atoms with Crippen molar-refractivity contribution in [3.8, 4) is 5.75 Å². The second-order valence-electron chi connectivity index (χ2n) is 7.32. The van der Waals surface area contributed by atoms with Crippen LogP contribution in [0.1, 0.15) is 44.6 Å². The fourth-order valence-corrected chi connectivity index (χ4v) is 4.73. The molecule has 0 radical (unpaired) electrons. The lowest BCUT2D eigenvalue weighted by molar-refractivity contribution is -0.118. The van der Waals surface area contributed by atoms with Gasteiger partial charge in [-0.1, -0.05) is 38.3 Å². The molecule has 3 rings (SSSR count). The topological polar surface area (TPSA) is 84.5 Å². The number of sulfonamides is 1. The largest absolute Gasteiger partial charge is 0.484 e. The highest BCUT2D eigenvalue weighted by atomic mass is 32.2. The summed E-state index contributed by atoms with van der Waals surface area (Å²) >= 11 is 0. The van der Waals surface area contributed by atoms with E-state index in [1.54, 1.807) is 12.1 Å². The Morgan fingerprint density at radius 1 is 1.07 bits per heavy atom. The van der Waals surface area contributed by atoms with Gasteiger partial charge in [-0.3, -0.25) is 4.79 Å². The first-order valence-corrected chi connectivity index (χ1v) is 11.6. The molecule has 0 saturated heterocycles. The van der Waals surface area contributed by atoms with Crippen LogP contribution in [0.15, 0.2) is 53.4 Å². The van der Waals surface area contributed by atoms with Crippen molar-refractivity contribution in [2.75, 3.05) is 11.9 Å². The smallest absolute Gasteiger partial charge is 0.262 e. The third-order valence-electron chi connectivity index (χ3n) is 5.05. The molecule has 1 aliphatic carbocycles. The first kappa shape index (κ1) is 21.3. The first-order chi connectivity index (χ1) is 14.0. The summed E-state index contributed by atoms with van der Waals surface area (Å²) in [5, 5.41) is 2.72. The van der Waals surface area contributed by atoms with Gasteiger partial charge in [0.05, 0.1) is 4.90 Å². The molecule has 29 heavy (non-hydrogen) atoms. The van der Waals surface area contributed by atoms with Crippen LogP contribution in [0.3, 0.4) is 0 Å². The lowest BCUT2D eigenvalue weighted by Crippen LogP contribution is -2.36. The number of ether oxygens (including phenoxy) is 1. The van der Waals surface area contributed by atoms with Crippen LogP contribution in [-0.4, -0.2) is 27.0 Å². The number of hydrogen-bond donors (Lipinski definition) is 2. The zero-order chi connectivity index (χ0) is 20.7. The minimum Gasteiger partial charge on any atom is -0.484 e. The number of carbonyl (C=O) groups is 1. The van der Waals surface area contributed by atoms with Gasteiger partial charge < -0.3 is 10.1 Å². The third-order valence-corrected chi connectivity index (χ3v) is 6.59. The van der Waals surface area contributed by atoms with Crippen LogP contribution in [0.25, 0.3) is 0 Å². The van der Waals surface area contributed by atoms with Crippen molar-refractivity contribution in [1.82, 2.24) is 4.72 Å². The standard InChI is InChI=1S/C22H28N2O4S/c1-2-17-7-6-10-20(15-17)28-16-22(25)23-18-11-13-21(14-12-18)29(26,27)24-19-8-4-3-5-9-19/h6-7,10-15,19,24H,2-5,8-9,16H2,1H3,(H,23,25). The molecule has 2 aromatic carbocycles. The molecule has 156 valence electrons. The Balaban J connectivity index is 1.53. The van der Waals surface area contributed by atoms with Crippen molar-refractivity contribution in [3.63, 3.8) is 0 Å². The Morgan fingerprint density at radius 2 is 1.79 bits per heavy atom. The van der Waals surface area contributed by atoms with Crippen LogP contribution in [-0.2, 0) is 21.2 Å². The summed E-state index contributed by atoms with van der Waals surface area (Å²) in [5.74, 6) is 0.345. The molecule has 1 fully saturated rings. The van der Waals surface area contributed by atoms with Gasteiger partial charge in [-0.2, -0.15) is 0 Å². The van der Waals surface area contributed by atoms with Gasteiger partial charge in [0.2, 0.25) is 10.0 Å². The highest BCUT2D eigenvalue weighted by Crippen LogP contribution is 2.21. The molecule has 2 N–H and O–H groups in total. The maximum atomic E-state index is 12.5. The molecule has 6 nitrogen and oxygen atoms in total. The number of amides is 1. The van der Waals surface area contributed by atoms with Crippen molar-refractivity contribution in [1.29, 1.82) is 0 Å². The molecule has 0 spiro atoms. The quantitative estimate of drug-likeness (QED) is 0.684. The molecule has 1 aliphatic rings. The molecule has 1 saturated carbocycles. The van der Waals surface area contributed by atoms with Crippen LogP contribution in [0.4, 0.5) is 5.69 Å². The number of carbonyl (C=O) groups excluding carboxylic acids is 1. The maximum Gasteiger partial charge on any atom is 0.262 e.